The van der Waals surface area contributed by atoms with Gasteiger partial charge in [-0.3, -0.25) is 0 Å². The van der Waals surface area contributed by atoms with Crippen LogP contribution in [0.2, 0.25) is 5.02 Å². The molecule has 2 aliphatic heterocycles. The maximum absolute atomic E-state index is 12.6. The molecule has 2 fully saturated rings. The van der Waals surface area contributed by atoms with Crippen LogP contribution in [-0.4, -0.2) is 57.9 Å². The van der Waals surface area contributed by atoms with E-state index in [1.807, 2.05) is 0 Å². The first-order valence-corrected chi connectivity index (χ1v) is 10.6. The first-order valence-electron chi connectivity index (χ1n) is 6.83. The van der Waals surface area contributed by atoms with Crippen molar-refractivity contribution in [2.45, 2.75) is 17.9 Å². The molecule has 1 aromatic rings. The van der Waals surface area contributed by atoms with E-state index in [2.05, 4.69) is 0 Å². The Balaban J connectivity index is 1.83. The van der Waals surface area contributed by atoms with Gasteiger partial charge in [0.15, 0.2) is 9.84 Å². The Morgan fingerprint density at radius 3 is 2.59 bits per heavy atom. The zero-order valence-electron chi connectivity index (χ0n) is 11.7. The molecule has 1 aromatic carbocycles. The van der Waals surface area contributed by atoms with E-state index >= 15 is 0 Å². The van der Waals surface area contributed by atoms with E-state index in [1.165, 1.54) is 4.31 Å². The first-order chi connectivity index (χ1) is 10.3. The Hall–Kier alpha value is -0.670. The van der Waals surface area contributed by atoms with Gasteiger partial charge in [0, 0.05) is 11.6 Å². The average molecular weight is 366 g/mol. The summed E-state index contributed by atoms with van der Waals surface area (Å²) in [6.45, 7) is 0.406. The summed E-state index contributed by atoms with van der Waals surface area (Å²) < 4.78 is 55.5. The lowest BCUT2D eigenvalue weighted by Gasteiger charge is -2.35. The first kappa shape index (κ1) is 16.2. The summed E-state index contributed by atoms with van der Waals surface area (Å²) in [4.78, 5) is 0. The van der Waals surface area contributed by atoms with Crippen LogP contribution in [-0.2, 0) is 30.4 Å². The second kappa shape index (κ2) is 5.76. The predicted octanol–water partition coefficient (Wildman–Crippen LogP) is 0.668. The Morgan fingerprint density at radius 1 is 1.23 bits per heavy atom. The molecule has 6 nitrogen and oxygen atoms in total. The van der Waals surface area contributed by atoms with E-state index in [1.54, 1.807) is 24.3 Å². The molecule has 0 bridgehead atoms. The van der Waals surface area contributed by atoms with Crippen molar-refractivity contribution in [2.24, 2.45) is 0 Å². The van der Waals surface area contributed by atoms with Crippen LogP contribution in [0.1, 0.15) is 5.56 Å². The number of sulfonamides is 1. The highest BCUT2D eigenvalue weighted by Gasteiger charge is 2.47. The molecule has 2 atom stereocenters. The van der Waals surface area contributed by atoms with Gasteiger partial charge in [-0.1, -0.05) is 23.7 Å². The molecule has 0 aromatic heterocycles. The summed E-state index contributed by atoms with van der Waals surface area (Å²) >= 11 is 5.79. The number of rotatable bonds is 3. The van der Waals surface area contributed by atoms with Crippen LogP contribution in [0.4, 0.5) is 0 Å². The van der Waals surface area contributed by atoms with Gasteiger partial charge in [-0.05, 0) is 17.7 Å². The lowest BCUT2D eigenvalue weighted by atomic mass is 10.2. The Kier molecular flexibility index (Phi) is 4.24. The highest BCUT2D eigenvalue weighted by Crippen LogP contribution is 2.28. The maximum atomic E-state index is 12.6. The highest BCUT2D eigenvalue weighted by molar-refractivity contribution is 7.92. The molecule has 0 amide bonds. The van der Waals surface area contributed by atoms with Crippen molar-refractivity contribution in [3.05, 3.63) is 34.9 Å². The van der Waals surface area contributed by atoms with Crippen molar-refractivity contribution in [1.82, 2.24) is 4.31 Å². The van der Waals surface area contributed by atoms with Crippen LogP contribution < -0.4 is 0 Å². The second-order valence-corrected chi connectivity index (χ2v) is 10.1. The number of hydrogen-bond acceptors (Lipinski definition) is 5. The van der Waals surface area contributed by atoms with Gasteiger partial charge >= 0.3 is 0 Å². The number of hydrogen-bond donors (Lipinski definition) is 0. The largest absolute Gasteiger partial charge is 0.374 e. The summed E-state index contributed by atoms with van der Waals surface area (Å²) in [5.74, 6) is -0.449. The molecule has 0 spiro atoms. The van der Waals surface area contributed by atoms with Crippen molar-refractivity contribution >= 4 is 31.5 Å². The van der Waals surface area contributed by atoms with Crippen molar-refractivity contribution in [3.63, 3.8) is 0 Å². The van der Waals surface area contributed by atoms with Gasteiger partial charge in [0.25, 0.3) is 0 Å². The lowest BCUT2D eigenvalue weighted by Crippen LogP contribution is -2.53. The molecular formula is C13H16ClNO5S2. The smallest absolute Gasteiger partial charge is 0.218 e. The van der Waals surface area contributed by atoms with E-state index in [4.69, 9.17) is 16.3 Å². The quantitative estimate of drug-likeness (QED) is 0.786. The molecule has 22 heavy (non-hydrogen) atoms. The maximum Gasteiger partial charge on any atom is 0.218 e. The highest BCUT2D eigenvalue weighted by atomic mass is 35.5. The number of nitrogens with zero attached hydrogens (tertiary/aromatic N) is 1. The van der Waals surface area contributed by atoms with Gasteiger partial charge in [0.05, 0.1) is 36.0 Å². The van der Waals surface area contributed by atoms with Gasteiger partial charge in [0.1, 0.15) is 0 Å². The monoisotopic (exact) mass is 365 g/mol. The molecule has 0 radical (unpaired) electrons. The number of halogens is 1. The Morgan fingerprint density at radius 2 is 1.91 bits per heavy atom. The molecule has 2 aliphatic rings. The summed E-state index contributed by atoms with van der Waals surface area (Å²) in [5.41, 5.74) is 0.619. The molecule has 2 saturated heterocycles. The van der Waals surface area contributed by atoms with E-state index in [0.717, 1.165) is 0 Å². The van der Waals surface area contributed by atoms with E-state index in [-0.39, 0.29) is 30.4 Å². The standard InChI is InChI=1S/C13H16ClNO5S2/c14-11-3-1-10(2-4-11)7-22(18,19)15-5-6-20-13-9-21(16,17)8-12(13)15/h1-4,12-13H,5-9H2. The van der Waals surface area contributed by atoms with Crippen molar-refractivity contribution < 1.29 is 21.6 Å². The van der Waals surface area contributed by atoms with E-state index in [0.29, 0.717) is 10.6 Å². The van der Waals surface area contributed by atoms with Gasteiger partial charge < -0.3 is 4.74 Å². The third kappa shape index (κ3) is 3.30. The number of ether oxygens (including phenoxy) is 1. The molecule has 2 unspecified atom stereocenters. The molecule has 122 valence electrons. The molecule has 0 saturated carbocycles. The van der Waals surface area contributed by atoms with Gasteiger partial charge in [0.2, 0.25) is 10.0 Å². The summed E-state index contributed by atoms with van der Waals surface area (Å²) in [6.07, 6.45) is -0.557. The zero-order valence-corrected chi connectivity index (χ0v) is 14.1. The third-order valence-electron chi connectivity index (χ3n) is 3.91. The minimum absolute atomic E-state index is 0.107. The second-order valence-electron chi connectivity index (χ2n) is 5.55. The topological polar surface area (TPSA) is 80.8 Å². The molecule has 2 heterocycles. The SMILES string of the molecule is O=S1(=O)CC2OCCN(S(=O)(=O)Cc3ccc(Cl)cc3)C2C1. The van der Waals surface area contributed by atoms with Gasteiger partial charge in [-0.25, -0.2) is 16.8 Å². The fourth-order valence-corrected chi connectivity index (χ4v) is 6.75. The van der Waals surface area contributed by atoms with E-state index < -0.39 is 32.0 Å². The number of benzene rings is 1. The van der Waals surface area contributed by atoms with Crippen molar-refractivity contribution in [3.8, 4) is 0 Å². The van der Waals surface area contributed by atoms with Crippen LogP contribution in [0.5, 0.6) is 0 Å². The normalized spacial score (nSPS) is 28.4. The minimum Gasteiger partial charge on any atom is -0.374 e. The van der Waals surface area contributed by atoms with Gasteiger partial charge in [-0.2, -0.15) is 4.31 Å². The van der Waals surface area contributed by atoms with Crippen LogP contribution in [0.3, 0.4) is 0 Å². The molecule has 0 aliphatic carbocycles. The summed E-state index contributed by atoms with van der Waals surface area (Å²) in [5, 5.41) is 0.537. The zero-order chi connectivity index (χ0) is 16.0. The van der Waals surface area contributed by atoms with Crippen LogP contribution in [0, 0.1) is 0 Å². The lowest BCUT2D eigenvalue weighted by molar-refractivity contribution is -0.0142. The van der Waals surface area contributed by atoms with Gasteiger partial charge in [-0.15, -0.1) is 0 Å². The Bertz CT molecular complexity index is 760. The fourth-order valence-electron chi connectivity index (χ4n) is 2.90. The van der Waals surface area contributed by atoms with E-state index in [9.17, 15) is 16.8 Å². The molecule has 0 N–H and O–H groups in total. The summed E-state index contributed by atoms with van der Waals surface area (Å²) in [7, 11) is -6.86. The molecule has 3 rings (SSSR count). The minimum atomic E-state index is -3.61. The third-order valence-corrected chi connectivity index (χ3v) is 7.71. The number of sulfone groups is 1. The molecular weight excluding hydrogens is 350 g/mol. The number of morpholine rings is 1. The van der Waals surface area contributed by atoms with Crippen LogP contribution in [0.25, 0.3) is 0 Å². The van der Waals surface area contributed by atoms with Crippen molar-refractivity contribution in [1.29, 1.82) is 0 Å². The Labute approximate surface area is 135 Å². The summed E-state index contributed by atoms with van der Waals surface area (Å²) in [6, 6.07) is 5.96. The average Bonchev–Trinajstić information content (AvgIpc) is 2.74. The van der Waals surface area contributed by atoms with Crippen LogP contribution in [0.15, 0.2) is 24.3 Å². The van der Waals surface area contributed by atoms with Crippen LogP contribution >= 0.6 is 11.6 Å². The number of fused-ring (bicyclic) bond motifs is 1. The fraction of sp³-hybridized carbons (Fsp3) is 0.538. The predicted molar refractivity (Wildman–Crippen MR) is 83.0 cm³/mol. The molecule has 9 heteroatoms. The van der Waals surface area contributed by atoms with Crippen molar-refractivity contribution in [2.75, 3.05) is 24.7 Å².